The van der Waals surface area contributed by atoms with Crippen molar-refractivity contribution in [1.29, 1.82) is 0 Å². The van der Waals surface area contributed by atoms with E-state index in [-0.39, 0.29) is 12.2 Å². The second-order valence-electron chi connectivity index (χ2n) is 4.45. The Morgan fingerprint density at radius 3 is 2.67 bits per heavy atom. The quantitative estimate of drug-likeness (QED) is 0.844. The lowest BCUT2D eigenvalue weighted by Gasteiger charge is -2.17. The van der Waals surface area contributed by atoms with Gasteiger partial charge in [0.25, 0.3) is 0 Å². The number of aliphatic hydroxyl groups excluding tert-OH is 1. The zero-order valence-electron chi connectivity index (χ0n) is 11.0. The number of hydrogen-bond acceptors (Lipinski definition) is 3. The summed E-state index contributed by atoms with van der Waals surface area (Å²) in [6.45, 7) is 2.63. The molecular formula is C14H21NO3. The van der Waals surface area contributed by atoms with E-state index in [1.165, 1.54) is 4.90 Å². The molecule has 0 radical (unpaired) electrons. The van der Waals surface area contributed by atoms with Crippen molar-refractivity contribution in [3.05, 3.63) is 35.9 Å². The van der Waals surface area contributed by atoms with Crippen molar-refractivity contribution in [2.24, 2.45) is 0 Å². The van der Waals surface area contributed by atoms with Gasteiger partial charge >= 0.3 is 6.09 Å². The van der Waals surface area contributed by atoms with Crippen LogP contribution in [0.25, 0.3) is 0 Å². The van der Waals surface area contributed by atoms with Crippen LogP contribution in [0, 0.1) is 0 Å². The second-order valence-corrected chi connectivity index (χ2v) is 4.45. The fraction of sp³-hybridized carbons (Fsp3) is 0.500. The van der Waals surface area contributed by atoms with Crippen molar-refractivity contribution in [3.63, 3.8) is 0 Å². The van der Waals surface area contributed by atoms with E-state index in [2.05, 4.69) is 0 Å². The van der Waals surface area contributed by atoms with Gasteiger partial charge in [0.1, 0.15) is 6.61 Å². The highest BCUT2D eigenvalue weighted by Crippen LogP contribution is 2.04. The van der Waals surface area contributed by atoms with E-state index in [9.17, 15) is 4.79 Å². The van der Waals surface area contributed by atoms with Gasteiger partial charge < -0.3 is 14.7 Å². The summed E-state index contributed by atoms with van der Waals surface area (Å²) in [6, 6.07) is 9.58. The number of aliphatic hydroxyl groups is 1. The molecule has 0 aliphatic carbocycles. The van der Waals surface area contributed by atoms with Gasteiger partial charge in [-0.3, -0.25) is 0 Å². The molecule has 0 spiro atoms. The van der Waals surface area contributed by atoms with Gasteiger partial charge in [-0.25, -0.2) is 4.79 Å². The number of hydrogen-bond donors (Lipinski definition) is 1. The highest BCUT2D eigenvalue weighted by molar-refractivity contribution is 5.67. The predicted octanol–water partition coefficient (Wildman–Crippen LogP) is 2.42. The van der Waals surface area contributed by atoms with E-state index in [1.54, 1.807) is 14.0 Å². The zero-order valence-corrected chi connectivity index (χ0v) is 11.0. The number of benzene rings is 1. The van der Waals surface area contributed by atoms with Gasteiger partial charge in [-0.15, -0.1) is 0 Å². The van der Waals surface area contributed by atoms with Crippen LogP contribution in [0.2, 0.25) is 0 Å². The molecule has 1 aromatic rings. The van der Waals surface area contributed by atoms with Crippen molar-refractivity contribution >= 4 is 6.09 Å². The minimum Gasteiger partial charge on any atom is -0.445 e. The molecule has 0 bridgehead atoms. The SMILES string of the molecule is CC(O)CCCN(C)C(=O)OCc1ccccc1. The van der Waals surface area contributed by atoms with E-state index in [1.807, 2.05) is 30.3 Å². The molecule has 0 saturated carbocycles. The fourth-order valence-electron chi connectivity index (χ4n) is 1.54. The molecule has 4 heteroatoms. The monoisotopic (exact) mass is 251 g/mol. The van der Waals surface area contributed by atoms with Crippen molar-refractivity contribution in [3.8, 4) is 0 Å². The number of carbonyl (C=O) groups is 1. The van der Waals surface area contributed by atoms with Gasteiger partial charge in [-0.1, -0.05) is 30.3 Å². The van der Waals surface area contributed by atoms with E-state index in [0.29, 0.717) is 19.6 Å². The maximum Gasteiger partial charge on any atom is 0.409 e. The Morgan fingerprint density at radius 2 is 2.06 bits per heavy atom. The van der Waals surface area contributed by atoms with Gasteiger partial charge in [0.05, 0.1) is 6.10 Å². The fourth-order valence-corrected chi connectivity index (χ4v) is 1.54. The van der Waals surface area contributed by atoms with Gasteiger partial charge in [-0.05, 0) is 25.3 Å². The average molecular weight is 251 g/mol. The number of amides is 1. The topological polar surface area (TPSA) is 49.8 Å². The number of nitrogens with zero attached hydrogens (tertiary/aromatic N) is 1. The summed E-state index contributed by atoms with van der Waals surface area (Å²) in [5.74, 6) is 0. The number of ether oxygens (including phenoxy) is 1. The molecule has 0 heterocycles. The first-order valence-electron chi connectivity index (χ1n) is 6.19. The minimum absolute atomic E-state index is 0.292. The molecule has 1 rings (SSSR count). The molecule has 1 N–H and O–H groups in total. The molecule has 4 nitrogen and oxygen atoms in total. The molecule has 1 amide bonds. The first-order valence-corrected chi connectivity index (χ1v) is 6.19. The standard InChI is InChI=1S/C14H21NO3/c1-12(16)7-6-10-15(2)14(17)18-11-13-8-4-3-5-9-13/h3-5,8-9,12,16H,6-7,10-11H2,1-2H3. The third kappa shape index (κ3) is 5.68. The minimum atomic E-state index is -0.329. The van der Waals surface area contributed by atoms with Crippen LogP contribution in [0.15, 0.2) is 30.3 Å². The van der Waals surface area contributed by atoms with E-state index in [4.69, 9.17) is 9.84 Å². The molecule has 0 aromatic heterocycles. The van der Waals surface area contributed by atoms with E-state index < -0.39 is 0 Å². The summed E-state index contributed by atoms with van der Waals surface area (Å²) in [5, 5.41) is 9.12. The van der Waals surface area contributed by atoms with Crippen LogP contribution in [0.1, 0.15) is 25.3 Å². The predicted molar refractivity (Wildman–Crippen MR) is 70.2 cm³/mol. The van der Waals surface area contributed by atoms with E-state index >= 15 is 0 Å². The molecule has 1 unspecified atom stereocenters. The van der Waals surface area contributed by atoms with Crippen LogP contribution in [0.5, 0.6) is 0 Å². The Balaban J connectivity index is 2.23. The maximum atomic E-state index is 11.6. The second kappa shape index (κ2) is 7.71. The smallest absolute Gasteiger partial charge is 0.409 e. The highest BCUT2D eigenvalue weighted by Gasteiger charge is 2.09. The van der Waals surface area contributed by atoms with Crippen LogP contribution in [0.3, 0.4) is 0 Å². The molecule has 0 aliphatic heterocycles. The third-order valence-electron chi connectivity index (χ3n) is 2.63. The Bertz CT molecular complexity index is 351. The van der Waals surface area contributed by atoms with E-state index in [0.717, 1.165) is 12.0 Å². The highest BCUT2D eigenvalue weighted by atomic mass is 16.6. The average Bonchev–Trinajstić information content (AvgIpc) is 2.36. The molecule has 1 atom stereocenters. The van der Waals surface area contributed by atoms with Crippen LogP contribution in [0.4, 0.5) is 4.79 Å². The Labute approximate surface area is 108 Å². The molecule has 0 fully saturated rings. The summed E-state index contributed by atoms with van der Waals surface area (Å²) in [7, 11) is 1.70. The first-order chi connectivity index (χ1) is 8.59. The lowest BCUT2D eigenvalue weighted by Crippen LogP contribution is -2.28. The first kappa shape index (κ1) is 14.5. The Morgan fingerprint density at radius 1 is 1.39 bits per heavy atom. The summed E-state index contributed by atoms with van der Waals surface area (Å²) in [6.07, 6.45) is 0.813. The van der Waals surface area contributed by atoms with Gasteiger partial charge in [0, 0.05) is 13.6 Å². The lowest BCUT2D eigenvalue weighted by atomic mass is 10.2. The lowest BCUT2D eigenvalue weighted by molar-refractivity contribution is 0.102. The van der Waals surface area contributed by atoms with Crippen molar-refractivity contribution < 1.29 is 14.6 Å². The van der Waals surface area contributed by atoms with Crippen molar-refractivity contribution in [2.75, 3.05) is 13.6 Å². The zero-order chi connectivity index (χ0) is 13.4. The number of rotatable bonds is 6. The summed E-state index contributed by atoms with van der Waals surface area (Å²) in [4.78, 5) is 13.2. The van der Waals surface area contributed by atoms with Gasteiger partial charge in [0.2, 0.25) is 0 Å². The molecule has 0 saturated heterocycles. The summed E-state index contributed by atoms with van der Waals surface area (Å²) < 4.78 is 5.17. The van der Waals surface area contributed by atoms with Crippen LogP contribution in [-0.4, -0.2) is 35.8 Å². The van der Waals surface area contributed by atoms with Crippen molar-refractivity contribution in [1.82, 2.24) is 4.90 Å². The summed E-state index contributed by atoms with van der Waals surface area (Å²) in [5.41, 5.74) is 0.975. The van der Waals surface area contributed by atoms with Crippen molar-refractivity contribution in [2.45, 2.75) is 32.5 Å². The van der Waals surface area contributed by atoms with Crippen LogP contribution in [-0.2, 0) is 11.3 Å². The maximum absolute atomic E-state index is 11.6. The normalized spacial score (nSPS) is 11.9. The van der Waals surface area contributed by atoms with Crippen LogP contribution >= 0.6 is 0 Å². The Kier molecular flexibility index (Phi) is 6.22. The molecule has 100 valence electrons. The largest absolute Gasteiger partial charge is 0.445 e. The molecule has 1 aromatic carbocycles. The third-order valence-corrected chi connectivity index (χ3v) is 2.63. The number of carbonyl (C=O) groups excluding carboxylic acids is 1. The molecule has 0 aliphatic rings. The summed E-state index contributed by atoms with van der Waals surface area (Å²) >= 11 is 0. The van der Waals surface area contributed by atoms with Gasteiger partial charge in [-0.2, -0.15) is 0 Å². The molecule has 18 heavy (non-hydrogen) atoms. The van der Waals surface area contributed by atoms with Gasteiger partial charge in [0.15, 0.2) is 0 Å². The van der Waals surface area contributed by atoms with Crippen LogP contribution < -0.4 is 0 Å². The Hall–Kier alpha value is -1.55. The molecular weight excluding hydrogens is 230 g/mol.